The highest BCUT2D eigenvalue weighted by Gasteiger charge is 2.07. The molecular formula is C11H16ClN3S. The minimum absolute atomic E-state index is 0.0419. The zero-order valence-electron chi connectivity index (χ0n) is 9.46. The lowest BCUT2D eigenvalue weighted by molar-refractivity contribution is 0.978. The minimum atomic E-state index is 0.0419. The van der Waals surface area contributed by atoms with Gasteiger partial charge in [0.25, 0.3) is 0 Å². The summed E-state index contributed by atoms with van der Waals surface area (Å²) in [6.45, 7) is 0.945. The van der Waals surface area contributed by atoms with Gasteiger partial charge in [-0.15, -0.1) is 0 Å². The van der Waals surface area contributed by atoms with Gasteiger partial charge in [0.2, 0.25) is 0 Å². The minimum Gasteiger partial charge on any atom is -0.384 e. The van der Waals surface area contributed by atoms with Crippen molar-refractivity contribution in [1.82, 2.24) is 0 Å². The number of benzene rings is 1. The van der Waals surface area contributed by atoms with Crippen molar-refractivity contribution in [2.75, 3.05) is 30.5 Å². The van der Waals surface area contributed by atoms with Crippen molar-refractivity contribution < 1.29 is 0 Å². The van der Waals surface area contributed by atoms with Crippen molar-refractivity contribution in [2.45, 2.75) is 0 Å². The first-order chi connectivity index (χ1) is 7.56. The lowest BCUT2D eigenvalue weighted by Crippen LogP contribution is -2.21. The third-order valence-electron chi connectivity index (χ3n) is 2.30. The lowest BCUT2D eigenvalue weighted by Gasteiger charge is -2.20. The summed E-state index contributed by atoms with van der Waals surface area (Å²) in [5.74, 6) is 1.10. The number of amidine groups is 1. The summed E-state index contributed by atoms with van der Waals surface area (Å²) in [4.78, 5) is 2.10. The van der Waals surface area contributed by atoms with Gasteiger partial charge in [0.05, 0.1) is 10.7 Å². The van der Waals surface area contributed by atoms with Gasteiger partial charge in [0.15, 0.2) is 0 Å². The molecule has 1 aromatic carbocycles. The van der Waals surface area contributed by atoms with Crippen molar-refractivity contribution in [3.05, 3.63) is 28.8 Å². The van der Waals surface area contributed by atoms with Crippen LogP contribution in [-0.4, -0.2) is 31.4 Å². The molecule has 0 atom stereocenters. The summed E-state index contributed by atoms with van der Waals surface area (Å²) in [6, 6.07) is 5.45. The smallest absolute Gasteiger partial charge is 0.122 e. The van der Waals surface area contributed by atoms with Crippen LogP contribution in [0.3, 0.4) is 0 Å². The zero-order chi connectivity index (χ0) is 12.1. The van der Waals surface area contributed by atoms with Gasteiger partial charge in [-0.05, 0) is 24.5 Å². The second-order valence-corrected chi connectivity index (χ2v) is 4.89. The summed E-state index contributed by atoms with van der Waals surface area (Å²) in [6.07, 6.45) is 2.08. The first kappa shape index (κ1) is 13.2. The Morgan fingerprint density at radius 2 is 2.25 bits per heavy atom. The molecule has 0 saturated heterocycles. The molecule has 3 N–H and O–H groups in total. The number of nitrogens with two attached hydrogens (primary N) is 1. The van der Waals surface area contributed by atoms with Crippen LogP contribution in [0.5, 0.6) is 0 Å². The summed E-state index contributed by atoms with van der Waals surface area (Å²) in [7, 11) is 2.00. The first-order valence-electron chi connectivity index (χ1n) is 4.90. The number of nitrogen functional groups attached to an aromatic ring is 1. The SMILES string of the molecule is CSCCN(C)c1ccc(C(=N)N)cc1Cl. The molecule has 0 aromatic heterocycles. The molecule has 0 spiro atoms. The Labute approximate surface area is 105 Å². The number of hydrogen-bond donors (Lipinski definition) is 2. The molecule has 16 heavy (non-hydrogen) atoms. The third-order valence-corrected chi connectivity index (χ3v) is 3.19. The molecule has 0 bridgehead atoms. The van der Waals surface area contributed by atoms with Crippen LogP contribution in [0.2, 0.25) is 5.02 Å². The Bertz CT molecular complexity index is 381. The maximum absolute atomic E-state index is 7.32. The second-order valence-electron chi connectivity index (χ2n) is 3.49. The van der Waals surface area contributed by atoms with E-state index >= 15 is 0 Å². The predicted molar refractivity (Wildman–Crippen MR) is 74.1 cm³/mol. The number of thioether (sulfide) groups is 1. The number of rotatable bonds is 5. The summed E-state index contributed by atoms with van der Waals surface area (Å²) in [5, 5.41) is 7.96. The Morgan fingerprint density at radius 1 is 1.56 bits per heavy atom. The second kappa shape index (κ2) is 6.01. The van der Waals surface area contributed by atoms with Crippen molar-refractivity contribution in [3.8, 4) is 0 Å². The third kappa shape index (κ3) is 3.32. The van der Waals surface area contributed by atoms with E-state index in [9.17, 15) is 0 Å². The molecule has 0 fully saturated rings. The predicted octanol–water partition coefficient (Wildman–Crippen LogP) is 2.42. The topological polar surface area (TPSA) is 53.1 Å². The Kier molecular flexibility index (Phi) is 4.96. The molecule has 0 saturated carbocycles. The largest absolute Gasteiger partial charge is 0.384 e. The lowest BCUT2D eigenvalue weighted by atomic mass is 10.2. The fourth-order valence-electron chi connectivity index (χ4n) is 1.33. The number of nitrogens with one attached hydrogen (secondary N) is 1. The zero-order valence-corrected chi connectivity index (χ0v) is 11.0. The molecule has 88 valence electrons. The fraction of sp³-hybridized carbons (Fsp3) is 0.364. The molecular weight excluding hydrogens is 242 g/mol. The van der Waals surface area contributed by atoms with Gasteiger partial charge in [-0.1, -0.05) is 11.6 Å². The maximum Gasteiger partial charge on any atom is 0.122 e. The number of nitrogens with zero attached hydrogens (tertiary/aromatic N) is 1. The molecule has 1 rings (SSSR count). The molecule has 0 unspecified atom stereocenters. The van der Waals surface area contributed by atoms with Gasteiger partial charge in [-0.25, -0.2) is 0 Å². The number of anilines is 1. The van der Waals surface area contributed by atoms with E-state index in [2.05, 4.69) is 11.2 Å². The maximum atomic E-state index is 7.32. The molecule has 0 aliphatic rings. The van der Waals surface area contributed by atoms with Gasteiger partial charge >= 0.3 is 0 Å². The van der Waals surface area contributed by atoms with Crippen molar-refractivity contribution >= 4 is 34.9 Å². The first-order valence-corrected chi connectivity index (χ1v) is 6.67. The van der Waals surface area contributed by atoms with Gasteiger partial charge in [0, 0.05) is 24.9 Å². The van der Waals surface area contributed by atoms with E-state index in [1.54, 1.807) is 17.8 Å². The highest BCUT2D eigenvalue weighted by molar-refractivity contribution is 7.98. The van der Waals surface area contributed by atoms with Crippen LogP contribution >= 0.6 is 23.4 Å². The average Bonchev–Trinajstić information content (AvgIpc) is 2.25. The van der Waals surface area contributed by atoms with Crippen LogP contribution < -0.4 is 10.6 Å². The van der Waals surface area contributed by atoms with E-state index in [-0.39, 0.29) is 5.84 Å². The van der Waals surface area contributed by atoms with Crippen molar-refractivity contribution in [2.24, 2.45) is 5.73 Å². The molecule has 3 nitrogen and oxygen atoms in total. The van der Waals surface area contributed by atoms with E-state index in [1.807, 2.05) is 19.2 Å². The highest BCUT2D eigenvalue weighted by atomic mass is 35.5. The van der Waals surface area contributed by atoms with E-state index in [1.165, 1.54) is 0 Å². The number of hydrogen-bond acceptors (Lipinski definition) is 3. The molecule has 1 aromatic rings. The van der Waals surface area contributed by atoms with Gasteiger partial charge in [0.1, 0.15) is 5.84 Å². The van der Waals surface area contributed by atoms with E-state index < -0.39 is 0 Å². The van der Waals surface area contributed by atoms with E-state index in [0.717, 1.165) is 18.0 Å². The molecule has 0 radical (unpaired) electrons. The standard InChI is InChI=1S/C11H16ClN3S/c1-15(5-6-16-2)10-4-3-8(11(13)14)7-9(10)12/h3-4,7H,5-6H2,1-2H3,(H3,13,14). The summed E-state index contributed by atoms with van der Waals surface area (Å²) >= 11 is 7.95. The molecule has 0 heterocycles. The van der Waals surface area contributed by atoms with Crippen LogP contribution in [-0.2, 0) is 0 Å². The molecule has 0 amide bonds. The van der Waals surface area contributed by atoms with Gasteiger partial charge in [-0.2, -0.15) is 11.8 Å². The van der Waals surface area contributed by atoms with Crippen LogP contribution in [0, 0.1) is 5.41 Å². The van der Waals surface area contributed by atoms with Crippen LogP contribution in [0.4, 0.5) is 5.69 Å². The Hall–Kier alpha value is -0.870. The Morgan fingerprint density at radius 3 is 2.75 bits per heavy atom. The van der Waals surface area contributed by atoms with Crippen LogP contribution in [0.15, 0.2) is 18.2 Å². The van der Waals surface area contributed by atoms with Crippen LogP contribution in [0.25, 0.3) is 0 Å². The molecule has 0 aliphatic heterocycles. The monoisotopic (exact) mass is 257 g/mol. The van der Waals surface area contributed by atoms with E-state index in [0.29, 0.717) is 10.6 Å². The van der Waals surface area contributed by atoms with Crippen molar-refractivity contribution in [1.29, 1.82) is 5.41 Å². The van der Waals surface area contributed by atoms with Gasteiger partial charge < -0.3 is 10.6 Å². The van der Waals surface area contributed by atoms with E-state index in [4.69, 9.17) is 22.7 Å². The quantitative estimate of drug-likeness (QED) is 0.629. The Balaban J connectivity index is 2.85. The fourth-order valence-corrected chi connectivity index (χ4v) is 2.11. The average molecular weight is 258 g/mol. The summed E-state index contributed by atoms with van der Waals surface area (Å²) < 4.78 is 0. The van der Waals surface area contributed by atoms with Crippen molar-refractivity contribution in [3.63, 3.8) is 0 Å². The molecule has 0 aliphatic carbocycles. The van der Waals surface area contributed by atoms with Crippen LogP contribution in [0.1, 0.15) is 5.56 Å². The number of halogens is 1. The molecule has 5 heteroatoms. The normalized spacial score (nSPS) is 10.2. The summed E-state index contributed by atoms with van der Waals surface area (Å²) in [5.41, 5.74) is 7.03. The van der Waals surface area contributed by atoms with Gasteiger partial charge in [-0.3, -0.25) is 5.41 Å². The highest BCUT2D eigenvalue weighted by Crippen LogP contribution is 2.26.